The van der Waals surface area contributed by atoms with Crippen molar-refractivity contribution >= 4 is 39.9 Å². The van der Waals surface area contributed by atoms with E-state index in [-0.39, 0.29) is 17.8 Å². The summed E-state index contributed by atoms with van der Waals surface area (Å²) in [5, 5.41) is 6.00. The van der Waals surface area contributed by atoms with Gasteiger partial charge in [-0.3, -0.25) is 14.9 Å². The molecule has 2 aromatic carbocycles. The number of rotatable bonds is 8. The molecule has 1 aromatic heterocycles. The summed E-state index contributed by atoms with van der Waals surface area (Å²) in [6, 6.07) is 11.8. The molecule has 4 rings (SSSR count). The van der Waals surface area contributed by atoms with Gasteiger partial charge in [0.1, 0.15) is 5.82 Å². The summed E-state index contributed by atoms with van der Waals surface area (Å²) in [6.45, 7) is 2.41. The number of aromatic nitrogens is 1. The maximum atomic E-state index is 13.1. The van der Waals surface area contributed by atoms with Gasteiger partial charge in [-0.05, 0) is 67.8 Å². The van der Waals surface area contributed by atoms with Crippen LogP contribution in [0, 0.1) is 5.82 Å². The lowest BCUT2D eigenvalue weighted by Gasteiger charge is -2.11. The fourth-order valence-electron chi connectivity index (χ4n) is 3.62. The van der Waals surface area contributed by atoms with E-state index >= 15 is 0 Å². The van der Waals surface area contributed by atoms with Gasteiger partial charge in [0.05, 0.1) is 23.8 Å². The number of carbonyl (C=O) groups excluding carboxylic acids is 3. The standard InChI is InChI=1S/C25H24FN3O4S/c1-2-3-14-33-24(32)16-6-10-18(11-7-16)27-23(31)19-12-13-20-21(19)28-25(34-20)29-22(30)15-4-8-17(26)9-5-15/h4-11,19H,2-3,12-14H2,1H3,(H,27,31)(H,28,29,30). The van der Waals surface area contributed by atoms with Crippen LogP contribution in [0.2, 0.25) is 0 Å². The van der Waals surface area contributed by atoms with E-state index in [1.807, 2.05) is 6.92 Å². The third-order valence-electron chi connectivity index (χ3n) is 5.48. The molecule has 0 bridgehead atoms. The monoisotopic (exact) mass is 481 g/mol. The highest BCUT2D eigenvalue weighted by Gasteiger charge is 2.33. The molecule has 0 spiro atoms. The highest BCUT2D eigenvalue weighted by molar-refractivity contribution is 7.16. The number of nitrogens with one attached hydrogen (secondary N) is 2. The lowest BCUT2D eigenvalue weighted by Crippen LogP contribution is -2.20. The van der Waals surface area contributed by atoms with Crippen LogP contribution in [-0.4, -0.2) is 29.4 Å². The molecule has 0 fully saturated rings. The third kappa shape index (κ3) is 5.48. The Morgan fingerprint density at radius 2 is 1.76 bits per heavy atom. The van der Waals surface area contributed by atoms with Gasteiger partial charge in [-0.25, -0.2) is 14.2 Å². The second kappa shape index (κ2) is 10.6. The zero-order chi connectivity index (χ0) is 24.1. The number of benzene rings is 2. The van der Waals surface area contributed by atoms with E-state index in [0.717, 1.165) is 17.7 Å². The van der Waals surface area contributed by atoms with E-state index in [2.05, 4.69) is 15.6 Å². The molecular weight excluding hydrogens is 457 g/mol. The van der Waals surface area contributed by atoms with Crippen LogP contribution in [0.5, 0.6) is 0 Å². The Labute approximate surface area is 200 Å². The number of aryl methyl sites for hydroxylation is 1. The van der Waals surface area contributed by atoms with Crippen molar-refractivity contribution in [2.75, 3.05) is 17.2 Å². The number of hydrogen-bond acceptors (Lipinski definition) is 6. The zero-order valence-corrected chi connectivity index (χ0v) is 19.4. The Bertz CT molecular complexity index is 1190. The summed E-state index contributed by atoms with van der Waals surface area (Å²) in [7, 11) is 0. The average molecular weight is 482 g/mol. The van der Waals surface area contributed by atoms with Crippen molar-refractivity contribution in [2.24, 2.45) is 0 Å². The van der Waals surface area contributed by atoms with E-state index in [4.69, 9.17) is 4.74 Å². The topological polar surface area (TPSA) is 97.4 Å². The minimum atomic E-state index is -0.429. The van der Waals surface area contributed by atoms with Crippen LogP contribution >= 0.6 is 11.3 Å². The summed E-state index contributed by atoms with van der Waals surface area (Å²) >= 11 is 1.34. The van der Waals surface area contributed by atoms with Crippen LogP contribution in [0.4, 0.5) is 15.2 Å². The molecule has 1 unspecified atom stereocenters. The first kappa shape index (κ1) is 23.6. The molecule has 2 N–H and O–H groups in total. The molecule has 1 aliphatic carbocycles. The van der Waals surface area contributed by atoms with Gasteiger partial charge < -0.3 is 10.1 Å². The van der Waals surface area contributed by atoms with Crippen LogP contribution in [-0.2, 0) is 16.0 Å². The number of halogens is 1. The summed E-state index contributed by atoms with van der Waals surface area (Å²) in [4.78, 5) is 42.7. The molecule has 1 aliphatic rings. The number of hydrogen-bond donors (Lipinski definition) is 2. The van der Waals surface area contributed by atoms with E-state index in [1.165, 1.54) is 35.6 Å². The summed E-state index contributed by atoms with van der Waals surface area (Å²) in [6.07, 6.45) is 3.09. The van der Waals surface area contributed by atoms with Crippen molar-refractivity contribution in [1.29, 1.82) is 0 Å². The van der Waals surface area contributed by atoms with Gasteiger partial charge in [0.15, 0.2) is 5.13 Å². The zero-order valence-electron chi connectivity index (χ0n) is 18.6. The highest BCUT2D eigenvalue weighted by Crippen LogP contribution is 2.39. The molecule has 176 valence electrons. The number of fused-ring (bicyclic) bond motifs is 1. The molecule has 1 heterocycles. The van der Waals surface area contributed by atoms with Crippen molar-refractivity contribution in [3.05, 3.63) is 76.0 Å². The molecular formula is C25H24FN3O4S. The number of ether oxygens (including phenoxy) is 1. The quantitative estimate of drug-likeness (QED) is 0.342. The van der Waals surface area contributed by atoms with Crippen molar-refractivity contribution in [2.45, 2.75) is 38.5 Å². The minimum absolute atomic E-state index is 0.196. The molecule has 0 aliphatic heterocycles. The van der Waals surface area contributed by atoms with Gasteiger partial charge in [0.2, 0.25) is 5.91 Å². The molecule has 0 radical (unpaired) electrons. The summed E-state index contributed by atoms with van der Waals surface area (Å²) in [5.74, 6) is -1.81. The van der Waals surface area contributed by atoms with E-state index in [9.17, 15) is 18.8 Å². The first-order chi connectivity index (χ1) is 16.4. The largest absolute Gasteiger partial charge is 0.462 e. The van der Waals surface area contributed by atoms with Gasteiger partial charge in [-0.1, -0.05) is 13.3 Å². The average Bonchev–Trinajstić information content (AvgIpc) is 3.40. The Morgan fingerprint density at radius 3 is 2.47 bits per heavy atom. The lowest BCUT2D eigenvalue weighted by molar-refractivity contribution is -0.117. The van der Waals surface area contributed by atoms with Crippen LogP contribution in [0.15, 0.2) is 48.5 Å². The fraction of sp³-hybridized carbons (Fsp3) is 0.280. The highest BCUT2D eigenvalue weighted by atomic mass is 32.1. The predicted molar refractivity (Wildman–Crippen MR) is 128 cm³/mol. The molecule has 34 heavy (non-hydrogen) atoms. The van der Waals surface area contributed by atoms with Crippen LogP contribution in [0.25, 0.3) is 0 Å². The van der Waals surface area contributed by atoms with Crippen molar-refractivity contribution in [3.8, 4) is 0 Å². The Kier molecular flexibility index (Phi) is 7.32. The Hall–Kier alpha value is -3.59. The van der Waals surface area contributed by atoms with Crippen molar-refractivity contribution in [1.82, 2.24) is 4.98 Å². The molecule has 0 saturated carbocycles. The number of unbranched alkanes of at least 4 members (excludes halogenated alkanes) is 1. The lowest BCUT2D eigenvalue weighted by atomic mass is 10.1. The van der Waals surface area contributed by atoms with E-state index < -0.39 is 11.7 Å². The molecule has 3 aromatic rings. The SMILES string of the molecule is CCCCOC(=O)c1ccc(NC(=O)C2CCc3sc(NC(=O)c4ccc(F)cc4)nc32)cc1. The Balaban J connectivity index is 1.37. The van der Waals surface area contributed by atoms with Gasteiger partial charge in [0, 0.05) is 16.1 Å². The summed E-state index contributed by atoms with van der Waals surface area (Å²) in [5.41, 5.74) is 1.98. The van der Waals surface area contributed by atoms with Gasteiger partial charge >= 0.3 is 5.97 Å². The second-order valence-corrected chi connectivity index (χ2v) is 9.02. The van der Waals surface area contributed by atoms with Crippen LogP contribution in [0.3, 0.4) is 0 Å². The number of amides is 2. The first-order valence-corrected chi connectivity index (χ1v) is 11.9. The van der Waals surface area contributed by atoms with Gasteiger partial charge in [-0.15, -0.1) is 11.3 Å². The van der Waals surface area contributed by atoms with Crippen LogP contribution < -0.4 is 10.6 Å². The first-order valence-electron chi connectivity index (χ1n) is 11.1. The van der Waals surface area contributed by atoms with E-state index in [1.54, 1.807) is 24.3 Å². The third-order valence-corrected chi connectivity index (χ3v) is 6.53. The smallest absolute Gasteiger partial charge is 0.338 e. The fourth-order valence-corrected chi connectivity index (χ4v) is 4.65. The molecule has 1 atom stereocenters. The summed E-state index contributed by atoms with van der Waals surface area (Å²) < 4.78 is 18.3. The molecule has 2 amide bonds. The number of thiazole rings is 1. The molecule has 0 saturated heterocycles. The van der Waals surface area contributed by atoms with Gasteiger partial charge in [-0.2, -0.15) is 0 Å². The van der Waals surface area contributed by atoms with Gasteiger partial charge in [0.25, 0.3) is 5.91 Å². The second-order valence-electron chi connectivity index (χ2n) is 7.94. The number of anilines is 2. The predicted octanol–water partition coefficient (Wildman–Crippen LogP) is 5.16. The maximum absolute atomic E-state index is 13.1. The van der Waals surface area contributed by atoms with E-state index in [0.29, 0.717) is 47.1 Å². The van der Waals surface area contributed by atoms with Crippen molar-refractivity contribution in [3.63, 3.8) is 0 Å². The maximum Gasteiger partial charge on any atom is 0.338 e. The molecule has 9 heteroatoms. The number of esters is 1. The minimum Gasteiger partial charge on any atom is -0.462 e. The number of nitrogens with zero attached hydrogens (tertiary/aromatic N) is 1. The van der Waals surface area contributed by atoms with Crippen molar-refractivity contribution < 1.29 is 23.5 Å². The normalized spacial score (nSPS) is 14.4. The number of carbonyl (C=O) groups is 3. The Morgan fingerprint density at radius 1 is 1.06 bits per heavy atom. The molecule has 7 nitrogen and oxygen atoms in total. The van der Waals surface area contributed by atoms with Crippen LogP contribution in [0.1, 0.15) is 63.4 Å².